The molecular formula is C8H11N2O3P. The largest absolute Gasteiger partial charge is 0.474 e. The second kappa shape index (κ2) is 3.71. The number of rotatable bonds is 2. The molecule has 1 atom stereocenters. The van der Waals surface area contributed by atoms with E-state index in [1.165, 1.54) is 0 Å². The van der Waals surface area contributed by atoms with Gasteiger partial charge < -0.3 is 4.52 Å². The van der Waals surface area contributed by atoms with Crippen LogP contribution in [-0.2, 0) is 9.09 Å². The third kappa shape index (κ3) is 1.81. The summed E-state index contributed by atoms with van der Waals surface area (Å²) >= 11 is 0. The quantitative estimate of drug-likeness (QED) is 0.595. The fourth-order valence-electron chi connectivity index (χ4n) is 1.14. The molecule has 1 aliphatic rings. The maximum absolute atomic E-state index is 11.9. The van der Waals surface area contributed by atoms with Gasteiger partial charge in [0, 0.05) is 6.54 Å². The van der Waals surface area contributed by atoms with Gasteiger partial charge in [-0.3, -0.25) is 10.4 Å². The van der Waals surface area contributed by atoms with Gasteiger partial charge in [0.1, 0.15) is 5.75 Å². The van der Waals surface area contributed by atoms with Crippen molar-refractivity contribution in [3.8, 4) is 5.75 Å². The lowest BCUT2D eigenvalue weighted by Gasteiger charge is -2.17. The van der Waals surface area contributed by atoms with E-state index in [0.717, 1.165) is 4.78 Å². The first-order valence-electron chi connectivity index (χ1n) is 4.23. The molecule has 0 radical (unpaired) electrons. The molecule has 5 nitrogen and oxygen atoms in total. The van der Waals surface area contributed by atoms with Gasteiger partial charge in [-0.05, 0) is 12.1 Å². The molecule has 6 heteroatoms. The number of hydrogen-bond donors (Lipinski definition) is 1. The highest BCUT2D eigenvalue weighted by molar-refractivity contribution is 7.51. The first-order valence-corrected chi connectivity index (χ1v) is 5.72. The standard InChI is InChI=1S/C8H11N2O3P/c9-10-6-7-12-14(10,11)13-8-4-2-1-3-5-8/h1-5H,6-7,9H2. The molecule has 2 rings (SSSR count). The van der Waals surface area contributed by atoms with Crippen LogP contribution in [0.3, 0.4) is 0 Å². The van der Waals surface area contributed by atoms with E-state index in [2.05, 4.69) is 0 Å². The minimum absolute atomic E-state index is 0.334. The van der Waals surface area contributed by atoms with Crippen molar-refractivity contribution in [1.82, 2.24) is 4.78 Å². The third-order valence-corrected chi connectivity index (χ3v) is 3.63. The summed E-state index contributed by atoms with van der Waals surface area (Å²) in [4.78, 5) is 0. The highest BCUT2D eigenvalue weighted by atomic mass is 31.2. The lowest BCUT2D eigenvalue weighted by Crippen LogP contribution is -2.25. The van der Waals surface area contributed by atoms with Gasteiger partial charge in [-0.15, -0.1) is 4.78 Å². The molecule has 0 bridgehead atoms. The Morgan fingerprint density at radius 2 is 2.14 bits per heavy atom. The van der Waals surface area contributed by atoms with Crippen molar-refractivity contribution in [2.45, 2.75) is 0 Å². The molecule has 1 aromatic carbocycles. The van der Waals surface area contributed by atoms with Crippen molar-refractivity contribution in [3.05, 3.63) is 30.3 Å². The van der Waals surface area contributed by atoms with Gasteiger partial charge in [-0.1, -0.05) is 18.2 Å². The third-order valence-electron chi connectivity index (χ3n) is 1.85. The van der Waals surface area contributed by atoms with Gasteiger partial charge in [0.2, 0.25) is 0 Å². The van der Waals surface area contributed by atoms with Crippen molar-refractivity contribution >= 4 is 7.75 Å². The van der Waals surface area contributed by atoms with Crippen LogP contribution in [0.2, 0.25) is 0 Å². The van der Waals surface area contributed by atoms with Crippen molar-refractivity contribution in [1.29, 1.82) is 0 Å². The minimum atomic E-state index is -3.27. The molecule has 1 aromatic rings. The Morgan fingerprint density at radius 1 is 1.43 bits per heavy atom. The number of nitrogens with two attached hydrogens (primary N) is 1. The molecular weight excluding hydrogens is 203 g/mol. The monoisotopic (exact) mass is 214 g/mol. The lowest BCUT2D eigenvalue weighted by molar-refractivity contribution is 0.295. The van der Waals surface area contributed by atoms with Crippen LogP contribution in [0.25, 0.3) is 0 Å². The molecule has 0 aliphatic carbocycles. The highest BCUT2D eigenvalue weighted by Gasteiger charge is 2.38. The number of hydrazine groups is 1. The van der Waals surface area contributed by atoms with Gasteiger partial charge in [0.15, 0.2) is 0 Å². The van der Waals surface area contributed by atoms with Gasteiger partial charge >= 0.3 is 7.75 Å². The molecule has 2 N–H and O–H groups in total. The van der Waals surface area contributed by atoms with Crippen LogP contribution in [0.1, 0.15) is 0 Å². The molecule has 0 aromatic heterocycles. The van der Waals surface area contributed by atoms with Crippen molar-refractivity contribution in [2.24, 2.45) is 5.84 Å². The molecule has 0 spiro atoms. The Hall–Kier alpha value is -0.870. The summed E-state index contributed by atoms with van der Waals surface area (Å²) in [5.74, 6) is 5.97. The summed E-state index contributed by atoms with van der Waals surface area (Å²) in [7, 11) is -3.27. The van der Waals surface area contributed by atoms with Gasteiger partial charge in [-0.2, -0.15) is 0 Å². The normalized spacial score (nSPS) is 27.8. The van der Waals surface area contributed by atoms with E-state index in [-0.39, 0.29) is 0 Å². The summed E-state index contributed by atoms with van der Waals surface area (Å²) in [6.45, 7) is 0.755. The second-order valence-corrected chi connectivity index (χ2v) is 4.76. The van der Waals surface area contributed by atoms with Gasteiger partial charge in [0.05, 0.1) is 6.61 Å². The minimum Gasteiger partial charge on any atom is -0.412 e. The summed E-state index contributed by atoms with van der Waals surface area (Å²) < 4.78 is 23.2. The zero-order chi connectivity index (χ0) is 10.0. The number of benzene rings is 1. The molecule has 1 unspecified atom stereocenters. The molecule has 76 valence electrons. The zero-order valence-electron chi connectivity index (χ0n) is 7.50. The smallest absolute Gasteiger partial charge is 0.412 e. The summed E-state index contributed by atoms with van der Waals surface area (Å²) in [6.07, 6.45) is 0. The number of hydrogen-bond acceptors (Lipinski definition) is 4. The first-order chi connectivity index (χ1) is 6.71. The van der Waals surface area contributed by atoms with Crippen molar-refractivity contribution < 1.29 is 13.6 Å². The molecule has 0 saturated carbocycles. The zero-order valence-corrected chi connectivity index (χ0v) is 8.39. The van der Waals surface area contributed by atoms with Crippen LogP contribution in [0, 0.1) is 0 Å². The molecule has 1 aliphatic heterocycles. The lowest BCUT2D eigenvalue weighted by atomic mass is 10.3. The average Bonchev–Trinajstić information content (AvgIpc) is 2.48. The van der Waals surface area contributed by atoms with Crippen LogP contribution in [0.15, 0.2) is 30.3 Å². The van der Waals surface area contributed by atoms with Crippen LogP contribution in [0.5, 0.6) is 5.75 Å². The second-order valence-electron chi connectivity index (χ2n) is 2.87. The van der Waals surface area contributed by atoms with Gasteiger partial charge in [-0.25, -0.2) is 4.57 Å². The molecule has 1 fully saturated rings. The fourth-order valence-corrected chi connectivity index (χ4v) is 2.47. The molecule has 14 heavy (non-hydrogen) atoms. The fraction of sp³-hybridized carbons (Fsp3) is 0.250. The van der Waals surface area contributed by atoms with Crippen LogP contribution < -0.4 is 10.4 Å². The van der Waals surface area contributed by atoms with Gasteiger partial charge in [0.25, 0.3) is 0 Å². The van der Waals surface area contributed by atoms with E-state index in [1.54, 1.807) is 24.3 Å². The number of para-hydroxylation sites is 1. The predicted molar refractivity (Wildman–Crippen MR) is 51.5 cm³/mol. The summed E-state index contributed by atoms with van der Waals surface area (Å²) in [5, 5.41) is 0. The first kappa shape index (κ1) is 9.68. The Labute approximate surface area is 82.0 Å². The highest BCUT2D eigenvalue weighted by Crippen LogP contribution is 2.52. The van der Waals surface area contributed by atoms with E-state index in [4.69, 9.17) is 14.9 Å². The van der Waals surface area contributed by atoms with Crippen molar-refractivity contribution in [3.63, 3.8) is 0 Å². The molecule has 1 saturated heterocycles. The topological polar surface area (TPSA) is 64.8 Å². The maximum Gasteiger partial charge on any atom is 0.474 e. The Bertz CT molecular complexity index is 357. The Balaban J connectivity index is 2.15. The SMILES string of the molecule is NN1CCOP1(=O)Oc1ccccc1. The van der Waals surface area contributed by atoms with E-state index < -0.39 is 7.75 Å². The predicted octanol–water partition coefficient (Wildman–Crippen LogP) is 1.38. The Morgan fingerprint density at radius 3 is 2.71 bits per heavy atom. The summed E-state index contributed by atoms with van der Waals surface area (Å²) in [5.41, 5.74) is 0. The van der Waals surface area contributed by atoms with Crippen LogP contribution in [0.4, 0.5) is 0 Å². The average molecular weight is 214 g/mol. The van der Waals surface area contributed by atoms with E-state index in [1.807, 2.05) is 6.07 Å². The van der Waals surface area contributed by atoms with Crippen LogP contribution in [-0.4, -0.2) is 17.9 Å². The van der Waals surface area contributed by atoms with E-state index in [9.17, 15) is 4.57 Å². The number of nitrogens with zero attached hydrogens (tertiary/aromatic N) is 1. The Kier molecular flexibility index (Phi) is 2.56. The summed E-state index contributed by atoms with van der Waals surface area (Å²) in [6, 6.07) is 8.83. The van der Waals surface area contributed by atoms with E-state index >= 15 is 0 Å². The van der Waals surface area contributed by atoms with Crippen molar-refractivity contribution in [2.75, 3.05) is 13.2 Å². The van der Waals surface area contributed by atoms with Crippen LogP contribution >= 0.6 is 7.75 Å². The molecule has 1 heterocycles. The van der Waals surface area contributed by atoms with E-state index in [0.29, 0.717) is 18.9 Å². The molecule has 0 amide bonds. The maximum atomic E-state index is 11.9.